The number of nitrogens with zero attached hydrogens (tertiary/aromatic N) is 1. The van der Waals surface area contributed by atoms with Gasteiger partial charge in [0.1, 0.15) is 0 Å². The van der Waals surface area contributed by atoms with Crippen molar-refractivity contribution in [2.45, 2.75) is 56.5 Å². The summed E-state index contributed by atoms with van der Waals surface area (Å²) in [5.74, 6) is -5.60. The van der Waals surface area contributed by atoms with Crippen LogP contribution in [-0.4, -0.2) is 49.8 Å². The minimum Gasteiger partial charge on any atom is -0.490 e. The van der Waals surface area contributed by atoms with Crippen LogP contribution in [0.1, 0.15) is 44.6 Å². The molecule has 0 unspecified atom stereocenters. The third-order valence-electron chi connectivity index (χ3n) is 5.79. The Morgan fingerprint density at radius 3 is 2.45 bits per heavy atom. The summed E-state index contributed by atoms with van der Waals surface area (Å²) >= 11 is 0. The van der Waals surface area contributed by atoms with Crippen molar-refractivity contribution in [3.63, 3.8) is 0 Å². The molecule has 2 aliphatic heterocycles. The highest BCUT2D eigenvalue weighted by Gasteiger charge is 2.56. The molecule has 1 spiro atoms. The van der Waals surface area contributed by atoms with Gasteiger partial charge < -0.3 is 14.4 Å². The molecule has 164 valence electrons. The number of hydrogen-bond donors (Lipinski definition) is 0. The van der Waals surface area contributed by atoms with Gasteiger partial charge in [0.15, 0.2) is 11.5 Å². The van der Waals surface area contributed by atoms with Crippen molar-refractivity contribution in [1.82, 2.24) is 4.90 Å². The molecular formula is C20H25F6NO2. The van der Waals surface area contributed by atoms with E-state index in [1.54, 1.807) is 6.07 Å². The highest BCUT2D eigenvalue weighted by molar-refractivity contribution is 5.50. The predicted molar refractivity (Wildman–Crippen MR) is 95.3 cm³/mol. The number of alkyl halides is 5. The lowest BCUT2D eigenvalue weighted by atomic mass is 9.74. The Balaban J connectivity index is 1.61. The quantitative estimate of drug-likeness (QED) is 0.436. The van der Waals surface area contributed by atoms with E-state index >= 15 is 0 Å². The second-order valence-corrected chi connectivity index (χ2v) is 7.82. The summed E-state index contributed by atoms with van der Waals surface area (Å²) in [5, 5.41) is 0. The van der Waals surface area contributed by atoms with E-state index in [0.717, 1.165) is 44.5 Å². The van der Waals surface area contributed by atoms with Crippen LogP contribution in [0.3, 0.4) is 0 Å². The van der Waals surface area contributed by atoms with Gasteiger partial charge in [-0.1, -0.05) is 13.0 Å². The fraction of sp³-hybridized carbons (Fsp3) is 0.700. The normalized spacial score (nSPS) is 19.3. The summed E-state index contributed by atoms with van der Waals surface area (Å²) in [5.41, 5.74) is 0.537. The molecule has 9 heteroatoms. The van der Waals surface area contributed by atoms with Crippen LogP contribution in [0.2, 0.25) is 0 Å². The van der Waals surface area contributed by atoms with Crippen molar-refractivity contribution in [3.8, 4) is 11.5 Å². The average molecular weight is 425 g/mol. The first kappa shape index (κ1) is 22.1. The first-order valence-electron chi connectivity index (χ1n) is 9.85. The number of hydrogen-bond acceptors (Lipinski definition) is 3. The Kier molecular flexibility index (Phi) is 6.27. The van der Waals surface area contributed by atoms with Crippen LogP contribution in [-0.2, 0) is 5.41 Å². The fourth-order valence-electron chi connectivity index (χ4n) is 4.05. The van der Waals surface area contributed by atoms with Gasteiger partial charge in [0.25, 0.3) is 0 Å². The first-order valence-corrected chi connectivity index (χ1v) is 9.85. The lowest BCUT2D eigenvalue weighted by molar-refractivity contribution is -0.284. The van der Waals surface area contributed by atoms with Gasteiger partial charge >= 0.3 is 12.1 Å². The molecular weight excluding hydrogens is 400 g/mol. The van der Waals surface area contributed by atoms with Gasteiger partial charge in [-0.2, -0.15) is 26.3 Å². The molecule has 1 fully saturated rings. The zero-order chi connectivity index (χ0) is 21.3. The number of piperidine rings is 1. The number of benzene rings is 1. The maximum absolute atomic E-state index is 14.8. The maximum atomic E-state index is 14.8. The van der Waals surface area contributed by atoms with Crippen LogP contribution >= 0.6 is 0 Å². The summed E-state index contributed by atoms with van der Waals surface area (Å²) < 4.78 is 87.9. The molecule has 0 amide bonds. The fourth-order valence-corrected chi connectivity index (χ4v) is 4.05. The van der Waals surface area contributed by atoms with Crippen molar-refractivity contribution in [1.29, 1.82) is 0 Å². The van der Waals surface area contributed by atoms with E-state index in [9.17, 15) is 26.3 Å². The predicted octanol–water partition coefficient (Wildman–Crippen LogP) is 5.32. The van der Waals surface area contributed by atoms with Gasteiger partial charge in [-0.05, 0) is 51.4 Å². The third-order valence-corrected chi connectivity index (χ3v) is 5.79. The Morgan fingerprint density at radius 2 is 1.83 bits per heavy atom. The van der Waals surface area contributed by atoms with E-state index in [-0.39, 0.29) is 16.9 Å². The highest BCUT2D eigenvalue weighted by Crippen LogP contribution is 2.48. The monoisotopic (exact) mass is 425 g/mol. The zero-order valence-electron chi connectivity index (χ0n) is 16.3. The van der Waals surface area contributed by atoms with Crippen LogP contribution in [0.5, 0.6) is 11.5 Å². The number of fused-ring (bicyclic) bond motifs is 2. The Bertz CT molecular complexity index is 714. The van der Waals surface area contributed by atoms with Gasteiger partial charge in [-0.15, -0.1) is 0 Å². The van der Waals surface area contributed by atoms with Crippen molar-refractivity contribution in [3.05, 3.63) is 23.5 Å². The summed E-state index contributed by atoms with van der Waals surface area (Å²) in [6.07, 6.45) is -4.78. The average Bonchev–Trinajstić information content (AvgIpc) is 3.01. The molecule has 0 N–H and O–H groups in total. The highest BCUT2D eigenvalue weighted by atomic mass is 19.4. The van der Waals surface area contributed by atoms with Crippen molar-refractivity contribution in [2.75, 3.05) is 32.8 Å². The van der Waals surface area contributed by atoms with Crippen molar-refractivity contribution < 1.29 is 35.8 Å². The molecule has 3 rings (SSSR count). The number of halogens is 6. The van der Waals surface area contributed by atoms with E-state index < -0.39 is 37.4 Å². The zero-order valence-corrected chi connectivity index (χ0v) is 16.3. The van der Waals surface area contributed by atoms with Crippen LogP contribution in [0.25, 0.3) is 0 Å². The molecule has 0 aromatic heterocycles. The minimum absolute atomic E-state index is 0.104. The SMILES string of the molecule is CCCN1CCC2(CC1)COc1c2ccc(OCCCC(F)(F)C(F)(F)F)c1F. The maximum Gasteiger partial charge on any atom is 0.453 e. The first-order chi connectivity index (χ1) is 13.6. The van der Waals surface area contributed by atoms with Crippen LogP contribution in [0.15, 0.2) is 12.1 Å². The Morgan fingerprint density at radius 1 is 1.14 bits per heavy atom. The van der Waals surface area contributed by atoms with Gasteiger partial charge in [0.2, 0.25) is 5.82 Å². The summed E-state index contributed by atoms with van der Waals surface area (Å²) in [4.78, 5) is 2.37. The Hall–Kier alpha value is -1.64. The standard InChI is InChI=1S/C20H25F6NO2/c1-2-9-27-10-7-18(8-11-27)13-29-17-14(18)4-5-15(16(17)21)28-12-3-6-19(22,23)20(24,25)26/h4-5H,2-3,6-13H2,1H3. The molecule has 2 heterocycles. The lowest BCUT2D eigenvalue weighted by Gasteiger charge is -2.38. The Labute approximate surface area is 166 Å². The number of ether oxygens (including phenoxy) is 2. The van der Waals surface area contributed by atoms with E-state index in [4.69, 9.17) is 9.47 Å². The molecule has 2 aliphatic rings. The van der Waals surface area contributed by atoms with Crippen molar-refractivity contribution in [2.24, 2.45) is 0 Å². The lowest BCUT2D eigenvalue weighted by Crippen LogP contribution is -2.43. The van der Waals surface area contributed by atoms with Crippen LogP contribution in [0, 0.1) is 5.82 Å². The second kappa shape index (κ2) is 8.24. The summed E-state index contributed by atoms with van der Waals surface area (Å²) in [6, 6.07) is 3.13. The molecule has 1 aromatic rings. The molecule has 0 saturated carbocycles. The topological polar surface area (TPSA) is 21.7 Å². The van der Waals surface area contributed by atoms with E-state index in [2.05, 4.69) is 11.8 Å². The van der Waals surface area contributed by atoms with Gasteiger partial charge in [-0.25, -0.2) is 0 Å². The smallest absolute Gasteiger partial charge is 0.453 e. The molecule has 0 radical (unpaired) electrons. The van der Waals surface area contributed by atoms with Crippen LogP contribution in [0.4, 0.5) is 26.3 Å². The third kappa shape index (κ3) is 4.44. The van der Waals surface area contributed by atoms with E-state index in [0.29, 0.717) is 6.61 Å². The number of rotatable bonds is 7. The largest absolute Gasteiger partial charge is 0.490 e. The molecule has 1 aromatic carbocycles. The van der Waals surface area contributed by atoms with Gasteiger partial charge in [0, 0.05) is 17.4 Å². The molecule has 1 saturated heterocycles. The van der Waals surface area contributed by atoms with Crippen LogP contribution < -0.4 is 9.47 Å². The van der Waals surface area contributed by atoms with E-state index in [1.165, 1.54) is 6.07 Å². The summed E-state index contributed by atoms with van der Waals surface area (Å²) in [7, 11) is 0. The minimum atomic E-state index is -5.60. The molecule has 29 heavy (non-hydrogen) atoms. The molecule has 0 bridgehead atoms. The van der Waals surface area contributed by atoms with Gasteiger partial charge in [-0.3, -0.25) is 0 Å². The van der Waals surface area contributed by atoms with E-state index in [1.807, 2.05) is 0 Å². The van der Waals surface area contributed by atoms with Crippen molar-refractivity contribution >= 4 is 0 Å². The molecule has 0 aliphatic carbocycles. The van der Waals surface area contributed by atoms with Gasteiger partial charge in [0.05, 0.1) is 13.2 Å². The summed E-state index contributed by atoms with van der Waals surface area (Å²) in [6.45, 7) is 4.89. The second-order valence-electron chi connectivity index (χ2n) is 7.82. The number of likely N-dealkylation sites (tertiary alicyclic amines) is 1. The molecule has 0 atom stereocenters. The molecule has 3 nitrogen and oxygen atoms in total.